The van der Waals surface area contributed by atoms with Gasteiger partial charge in [0, 0.05) is 6.54 Å². The molecule has 0 saturated heterocycles. The predicted molar refractivity (Wildman–Crippen MR) is 51.9 cm³/mol. The first-order chi connectivity index (χ1) is 5.12. The highest BCUT2D eigenvalue weighted by molar-refractivity contribution is 7.98. The Bertz CT molecular complexity index is 96.1. The number of thioether (sulfide) groups is 1. The lowest BCUT2D eigenvalue weighted by Gasteiger charge is -2.20. The molecule has 0 aromatic rings. The average Bonchev–Trinajstić information content (AvgIpc) is 1.99. The third-order valence-electron chi connectivity index (χ3n) is 1.75. The van der Waals surface area contributed by atoms with Crippen LogP contribution in [-0.2, 0) is 0 Å². The summed E-state index contributed by atoms with van der Waals surface area (Å²) in [6, 6.07) is 0. The molecule has 0 aromatic heterocycles. The quantitative estimate of drug-likeness (QED) is 0.600. The lowest BCUT2D eigenvalue weighted by atomic mass is 10.00. The summed E-state index contributed by atoms with van der Waals surface area (Å²) in [5, 5.41) is 9.49. The van der Waals surface area contributed by atoms with E-state index in [4.69, 9.17) is 5.73 Å². The highest BCUT2D eigenvalue weighted by Gasteiger charge is 2.16. The van der Waals surface area contributed by atoms with Gasteiger partial charge in [0.15, 0.2) is 0 Å². The number of aliphatic hydroxyl groups is 1. The van der Waals surface area contributed by atoms with Crippen LogP contribution >= 0.6 is 11.8 Å². The molecular weight excluding hydrogens is 158 g/mol. The van der Waals surface area contributed by atoms with Crippen LogP contribution in [0.2, 0.25) is 0 Å². The van der Waals surface area contributed by atoms with Crippen molar-refractivity contribution in [2.45, 2.75) is 31.8 Å². The normalized spacial score (nSPS) is 16.4. The van der Waals surface area contributed by atoms with Crippen LogP contribution in [0.4, 0.5) is 0 Å². The van der Waals surface area contributed by atoms with Crippen molar-refractivity contribution in [1.29, 1.82) is 0 Å². The fourth-order valence-corrected chi connectivity index (χ4v) is 1.35. The molecule has 0 aliphatic rings. The molecule has 0 aliphatic heterocycles. The predicted octanol–water partition coefficient (Wildman–Crippen LogP) is 1.23. The zero-order valence-corrected chi connectivity index (χ0v) is 8.28. The van der Waals surface area contributed by atoms with E-state index >= 15 is 0 Å². The molecule has 3 heteroatoms. The Balaban J connectivity index is 3.23. The van der Waals surface area contributed by atoms with Gasteiger partial charge in [0.1, 0.15) is 0 Å². The van der Waals surface area contributed by atoms with Crippen LogP contribution < -0.4 is 5.73 Å². The molecular formula is C8H19NOS. The molecule has 0 rings (SSSR count). The number of rotatable bonds is 6. The standard InChI is InChI=1S/C8H19NOS/c1-8(10,7-9)5-3-4-6-11-2/h10H,3-7,9H2,1-2H3. The van der Waals surface area contributed by atoms with Crippen LogP contribution in [0.25, 0.3) is 0 Å². The van der Waals surface area contributed by atoms with Crippen LogP contribution in [-0.4, -0.2) is 29.3 Å². The summed E-state index contributed by atoms with van der Waals surface area (Å²) in [7, 11) is 0. The van der Waals surface area contributed by atoms with Crippen molar-refractivity contribution < 1.29 is 5.11 Å². The highest BCUT2D eigenvalue weighted by atomic mass is 32.2. The first-order valence-electron chi connectivity index (χ1n) is 4.04. The van der Waals surface area contributed by atoms with Crippen LogP contribution in [0.1, 0.15) is 26.2 Å². The van der Waals surface area contributed by atoms with Crippen molar-refractivity contribution in [1.82, 2.24) is 0 Å². The number of hydrogen-bond donors (Lipinski definition) is 2. The van der Waals surface area contributed by atoms with Gasteiger partial charge in [0.05, 0.1) is 5.60 Å². The zero-order valence-electron chi connectivity index (χ0n) is 7.47. The molecule has 0 aliphatic carbocycles. The van der Waals surface area contributed by atoms with Crippen LogP contribution in [0.3, 0.4) is 0 Å². The Morgan fingerprint density at radius 3 is 2.55 bits per heavy atom. The van der Waals surface area contributed by atoms with Crippen LogP contribution in [0.15, 0.2) is 0 Å². The second-order valence-corrected chi connectivity index (χ2v) is 4.14. The van der Waals surface area contributed by atoms with Crippen molar-refractivity contribution in [3.05, 3.63) is 0 Å². The van der Waals surface area contributed by atoms with Gasteiger partial charge in [0.25, 0.3) is 0 Å². The van der Waals surface area contributed by atoms with Crippen molar-refractivity contribution in [2.24, 2.45) is 5.73 Å². The minimum atomic E-state index is -0.640. The van der Waals surface area contributed by atoms with E-state index < -0.39 is 5.60 Å². The highest BCUT2D eigenvalue weighted by Crippen LogP contribution is 2.12. The van der Waals surface area contributed by atoms with E-state index in [2.05, 4.69) is 6.26 Å². The molecule has 0 spiro atoms. The van der Waals surface area contributed by atoms with Gasteiger partial charge in [-0.25, -0.2) is 0 Å². The van der Waals surface area contributed by atoms with Gasteiger partial charge in [-0.1, -0.05) is 0 Å². The fourth-order valence-electron chi connectivity index (χ4n) is 0.854. The summed E-state index contributed by atoms with van der Waals surface area (Å²) < 4.78 is 0. The van der Waals surface area contributed by atoms with Crippen molar-refractivity contribution >= 4 is 11.8 Å². The first kappa shape index (κ1) is 11.3. The molecule has 0 amide bonds. The zero-order chi connectivity index (χ0) is 8.74. The molecule has 0 radical (unpaired) electrons. The maximum absolute atomic E-state index is 9.49. The van der Waals surface area contributed by atoms with Gasteiger partial charge in [-0.3, -0.25) is 0 Å². The smallest absolute Gasteiger partial charge is 0.0741 e. The van der Waals surface area contributed by atoms with E-state index in [1.165, 1.54) is 12.2 Å². The third-order valence-corrected chi connectivity index (χ3v) is 2.45. The summed E-state index contributed by atoms with van der Waals surface area (Å²) in [6.45, 7) is 2.17. The van der Waals surface area contributed by atoms with Gasteiger partial charge in [-0.15, -0.1) is 0 Å². The van der Waals surface area contributed by atoms with Gasteiger partial charge < -0.3 is 10.8 Å². The number of nitrogens with two attached hydrogens (primary N) is 1. The van der Waals surface area contributed by atoms with Crippen LogP contribution in [0, 0.1) is 0 Å². The SMILES string of the molecule is CSCCCCC(C)(O)CN. The fraction of sp³-hybridized carbons (Fsp3) is 1.00. The van der Waals surface area contributed by atoms with E-state index in [9.17, 15) is 5.11 Å². The summed E-state index contributed by atoms with van der Waals surface area (Å²) in [5.74, 6) is 1.18. The maximum atomic E-state index is 9.49. The molecule has 2 nitrogen and oxygen atoms in total. The molecule has 0 bridgehead atoms. The summed E-state index contributed by atoms with van der Waals surface area (Å²) in [4.78, 5) is 0. The van der Waals surface area contributed by atoms with Crippen LogP contribution in [0.5, 0.6) is 0 Å². The van der Waals surface area contributed by atoms with Gasteiger partial charge >= 0.3 is 0 Å². The van der Waals surface area contributed by atoms with Gasteiger partial charge in [0.2, 0.25) is 0 Å². The van der Waals surface area contributed by atoms with E-state index in [1.54, 1.807) is 6.92 Å². The average molecular weight is 177 g/mol. The second-order valence-electron chi connectivity index (χ2n) is 3.15. The summed E-state index contributed by atoms with van der Waals surface area (Å²) in [5.41, 5.74) is 4.73. The van der Waals surface area contributed by atoms with E-state index in [1.807, 2.05) is 11.8 Å². The van der Waals surface area contributed by atoms with Crippen molar-refractivity contribution in [3.63, 3.8) is 0 Å². The van der Waals surface area contributed by atoms with Crippen molar-refractivity contribution in [2.75, 3.05) is 18.6 Å². The number of unbranched alkanes of at least 4 members (excludes halogenated alkanes) is 1. The maximum Gasteiger partial charge on any atom is 0.0741 e. The molecule has 11 heavy (non-hydrogen) atoms. The Morgan fingerprint density at radius 1 is 1.45 bits per heavy atom. The minimum absolute atomic E-state index is 0.367. The lowest BCUT2D eigenvalue weighted by molar-refractivity contribution is 0.0577. The largest absolute Gasteiger partial charge is 0.389 e. The Hall–Kier alpha value is 0.270. The molecule has 3 N–H and O–H groups in total. The van der Waals surface area contributed by atoms with Gasteiger partial charge in [-0.2, -0.15) is 11.8 Å². The lowest BCUT2D eigenvalue weighted by Crippen LogP contribution is -2.33. The number of hydrogen-bond acceptors (Lipinski definition) is 3. The molecule has 1 atom stereocenters. The monoisotopic (exact) mass is 177 g/mol. The summed E-state index contributed by atoms with van der Waals surface area (Å²) in [6.07, 6.45) is 5.17. The second kappa shape index (κ2) is 5.86. The van der Waals surface area contributed by atoms with E-state index in [0.717, 1.165) is 12.8 Å². The molecule has 0 aromatic carbocycles. The molecule has 1 unspecified atom stereocenters. The Labute approximate surface area is 73.6 Å². The molecule has 0 saturated carbocycles. The van der Waals surface area contributed by atoms with E-state index in [-0.39, 0.29) is 0 Å². The van der Waals surface area contributed by atoms with E-state index in [0.29, 0.717) is 6.54 Å². The first-order valence-corrected chi connectivity index (χ1v) is 5.43. The molecule has 68 valence electrons. The third kappa shape index (κ3) is 6.66. The molecule has 0 fully saturated rings. The molecule has 0 heterocycles. The van der Waals surface area contributed by atoms with Crippen molar-refractivity contribution in [3.8, 4) is 0 Å². The topological polar surface area (TPSA) is 46.2 Å². The van der Waals surface area contributed by atoms with Gasteiger partial charge in [-0.05, 0) is 38.2 Å². The Kier molecular flexibility index (Phi) is 6.01. The minimum Gasteiger partial charge on any atom is -0.389 e. The Morgan fingerprint density at radius 2 is 2.09 bits per heavy atom. The summed E-state index contributed by atoms with van der Waals surface area (Å²) >= 11 is 1.85.